The van der Waals surface area contributed by atoms with Crippen molar-refractivity contribution in [2.24, 2.45) is 5.41 Å². The van der Waals surface area contributed by atoms with Gasteiger partial charge in [-0.1, -0.05) is 18.2 Å². The lowest BCUT2D eigenvalue weighted by Crippen LogP contribution is -2.56. The number of hydrogen-bond donors (Lipinski definition) is 1. The molecule has 0 radical (unpaired) electrons. The highest BCUT2D eigenvalue weighted by atomic mass is 16.4. The normalized spacial score (nSPS) is 28.9. The van der Waals surface area contributed by atoms with Crippen LogP contribution in [-0.2, 0) is 4.79 Å². The number of para-hydroxylation sites is 1. The van der Waals surface area contributed by atoms with Gasteiger partial charge in [0.25, 0.3) is 0 Å². The Kier molecular flexibility index (Phi) is 4.84. The van der Waals surface area contributed by atoms with E-state index >= 15 is 0 Å². The molecule has 1 N–H and O–H groups in total. The van der Waals surface area contributed by atoms with Gasteiger partial charge in [-0.15, -0.1) is 0 Å². The second-order valence-electron chi connectivity index (χ2n) is 8.51. The number of hydrogen-bond acceptors (Lipinski definition) is 3. The third kappa shape index (κ3) is 3.55. The molecule has 0 bridgehead atoms. The summed E-state index contributed by atoms with van der Waals surface area (Å²) in [7, 11) is 0. The van der Waals surface area contributed by atoms with Gasteiger partial charge in [-0.25, -0.2) is 4.79 Å². The van der Waals surface area contributed by atoms with Crippen molar-refractivity contribution in [1.82, 2.24) is 9.80 Å². The predicted octanol–water partition coefficient (Wildman–Crippen LogP) is 3.04. The second-order valence-corrected chi connectivity index (χ2v) is 8.51. The van der Waals surface area contributed by atoms with Crippen LogP contribution in [0.1, 0.15) is 39.0 Å². The predicted molar refractivity (Wildman–Crippen MR) is 104 cm³/mol. The number of piperidine rings is 1. The van der Waals surface area contributed by atoms with Gasteiger partial charge in [-0.2, -0.15) is 0 Å². The number of carbonyl (C=O) groups excluding carboxylic acids is 1. The number of amides is 2. The Morgan fingerprint density at radius 3 is 2.33 bits per heavy atom. The number of rotatable bonds is 3. The van der Waals surface area contributed by atoms with E-state index in [1.807, 2.05) is 35.2 Å². The van der Waals surface area contributed by atoms with Crippen molar-refractivity contribution < 1.29 is 14.7 Å². The molecule has 1 aromatic rings. The van der Waals surface area contributed by atoms with Crippen LogP contribution in [0.15, 0.2) is 30.3 Å². The minimum atomic E-state index is -0.777. The smallest absolute Gasteiger partial charge is 0.407 e. The fraction of sp³-hybridized carbons (Fsp3) is 0.619. The molecule has 3 aliphatic rings. The largest absolute Gasteiger partial charge is 0.465 e. The number of likely N-dealkylation sites (tertiary alicyclic amines) is 2. The average molecular weight is 371 g/mol. The molecular weight excluding hydrogens is 342 g/mol. The van der Waals surface area contributed by atoms with Gasteiger partial charge in [-0.3, -0.25) is 4.79 Å². The SMILES string of the molecule is CC(=O)N(c1ccccc1)C1CCN(C2CC3(CCN(C(=O)O)C3)C2)CC1. The Hall–Kier alpha value is -2.08. The summed E-state index contributed by atoms with van der Waals surface area (Å²) in [6.07, 6.45) is 4.48. The summed E-state index contributed by atoms with van der Waals surface area (Å²) in [5, 5.41) is 9.18. The summed E-state index contributed by atoms with van der Waals surface area (Å²) in [5.41, 5.74) is 1.22. The van der Waals surface area contributed by atoms with Crippen LogP contribution in [0.25, 0.3) is 0 Å². The van der Waals surface area contributed by atoms with Gasteiger partial charge >= 0.3 is 6.09 Å². The maximum absolute atomic E-state index is 12.2. The molecule has 146 valence electrons. The average Bonchev–Trinajstić information content (AvgIpc) is 3.08. The first-order valence-corrected chi connectivity index (χ1v) is 10.0. The van der Waals surface area contributed by atoms with Crippen LogP contribution in [0.4, 0.5) is 10.5 Å². The number of carboxylic acid groups (broad SMARTS) is 1. The highest BCUT2D eigenvalue weighted by molar-refractivity contribution is 5.92. The first-order chi connectivity index (χ1) is 13.0. The van der Waals surface area contributed by atoms with Gasteiger partial charge in [0.2, 0.25) is 5.91 Å². The summed E-state index contributed by atoms with van der Waals surface area (Å²) in [4.78, 5) is 29.5. The first-order valence-electron chi connectivity index (χ1n) is 10.0. The lowest BCUT2D eigenvalue weighted by atomic mass is 9.64. The molecule has 2 amide bonds. The van der Waals surface area contributed by atoms with Crippen molar-refractivity contribution in [3.63, 3.8) is 0 Å². The minimum absolute atomic E-state index is 0.113. The van der Waals surface area contributed by atoms with Crippen molar-refractivity contribution in [3.05, 3.63) is 30.3 Å². The third-order valence-electron chi connectivity index (χ3n) is 6.80. The maximum atomic E-state index is 12.2. The molecule has 2 saturated heterocycles. The first kappa shape index (κ1) is 18.3. The molecule has 4 rings (SSSR count). The quantitative estimate of drug-likeness (QED) is 0.887. The lowest BCUT2D eigenvalue weighted by Gasteiger charge is -2.52. The van der Waals surface area contributed by atoms with Gasteiger partial charge in [0.15, 0.2) is 0 Å². The molecular formula is C21H29N3O3. The van der Waals surface area contributed by atoms with E-state index in [0.29, 0.717) is 19.1 Å². The summed E-state index contributed by atoms with van der Waals surface area (Å²) >= 11 is 0. The zero-order chi connectivity index (χ0) is 19.0. The second kappa shape index (κ2) is 7.15. The van der Waals surface area contributed by atoms with E-state index in [2.05, 4.69) is 4.90 Å². The number of carbonyl (C=O) groups is 2. The van der Waals surface area contributed by atoms with Crippen LogP contribution in [0.3, 0.4) is 0 Å². The van der Waals surface area contributed by atoms with Gasteiger partial charge in [0.05, 0.1) is 0 Å². The van der Waals surface area contributed by atoms with Crippen molar-refractivity contribution in [3.8, 4) is 0 Å². The molecule has 27 heavy (non-hydrogen) atoms. The topological polar surface area (TPSA) is 64.1 Å². The molecule has 0 aromatic heterocycles. The van der Waals surface area contributed by atoms with Gasteiger partial charge in [-0.05, 0) is 49.7 Å². The Labute approximate surface area is 160 Å². The van der Waals surface area contributed by atoms with Crippen LogP contribution >= 0.6 is 0 Å². The Morgan fingerprint density at radius 2 is 1.78 bits per heavy atom. The Morgan fingerprint density at radius 1 is 1.11 bits per heavy atom. The fourth-order valence-corrected chi connectivity index (χ4v) is 5.38. The van der Waals surface area contributed by atoms with E-state index in [-0.39, 0.29) is 17.4 Å². The number of nitrogens with zero attached hydrogens (tertiary/aromatic N) is 3. The monoisotopic (exact) mass is 371 g/mol. The summed E-state index contributed by atoms with van der Waals surface area (Å²) in [5.74, 6) is 0.113. The Bertz CT molecular complexity index is 694. The van der Waals surface area contributed by atoms with Crippen LogP contribution in [0.5, 0.6) is 0 Å². The van der Waals surface area contributed by atoms with Crippen molar-refractivity contribution in [2.75, 3.05) is 31.1 Å². The highest BCUT2D eigenvalue weighted by Crippen LogP contribution is 2.50. The standard InChI is InChI=1S/C21H29N3O3/c1-16(25)24(17-5-3-2-4-6-17)18-7-10-22(11-8-18)19-13-21(14-19)9-12-23(15-21)20(26)27/h2-6,18-19H,7-15H2,1H3,(H,26,27). The lowest BCUT2D eigenvalue weighted by molar-refractivity contribution is -0.117. The summed E-state index contributed by atoms with van der Waals surface area (Å²) < 4.78 is 0. The summed E-state index contributed by atoms with van der Waals surface area (Å²) in [6.45, 7) is 5.09. The van der Waals surface area contributed by atoms with Crippen LogP contribution in [0, 0.1) is 5.41 Å². The van der Waals surface area contributed by atoms with E-state index in [9.17, 15) is 14.7 Å². The fourth-order valence-electron chi connectivity index (χ4n) is 5.38. The van der Waals surface area contributed by atoms with E-state index in [1.54, 1.807) is 11.8 Å². The van der Waals surface area contributed by atoms with Crippen molar-refractivity contribution >= 4 is 17.7 Å². The number of anilines is 1. The van der Waals surface area contributed by atoms with E-state index < -0.39 is 6.09 Å². The molecule has 6 nitrogen and oxygen atoms in total. The van der Waals surface area contributed by atoms with Crippen molar-refractivity contribution in [2.45, 2.75) is 51.1 Å². The van der Waals surface area contributed by atoms with Crippen LogP contribution in [0.2, 0.25) is 0 Å². The Balaban J connectivity index is 1.31. The molecule has 1 saturated carbocycles. The van der Waals surface area contributed by atoms with E-state index in [0.717, 1.165) is 50.9 Å². The zero-order valence-electron chi connectivity index (χ0n) is 16.0. The van der Waals surface area contributed by atoms with Crippen molar-refractivity contribution in [1.29, 1.82) is 0 Å². The van der Waals surface area contributed by atoms with Gasteiger partial charge < -0.3 is 19.8 Å². The number of benzene rings is 1. The van der Waals surface area contributed by atoms with E-state index in [4.69, 9.17) is 0 Å². The van der Waals surface area contributed by atoms with Gasteiger partial charge in [0, 0.05) is 50.9 Å². The van der Waals surface area contributed by atoms with E-state index in [1.165, 1.54) is 0 Å². The maximum Gasteiger partial charge on any atom is 0.407 e. The van der Waals surface area contributed by atoms with Gasteiger partial charge in [0.1, 0.15) is 0 Å². The molecule has 1 spiro atoms. The van der Waals surface area contributed by atoms with Crippen LogP contribution < -0.4 is 4.90 Å². The molecule has 0 atom stereocenters. The summed E-state index contributed by atoms with van der Waals surface area (Å²) in [6, 6.07) is 10.8. The molecule has 2 aliphatic heterocycles. The zero-order valence-corrected chi connectivity index (χ0v) is 16.0. The molecule has 3 fully saturated rings. The molecule has 1 aromatic carbocycles. The third-order valence-corrected chi connectivity index (χ3v) is 6.80. The molecule has 1 aliphatic carbocycles. The molecule has 0 unspecified atom stereocenters. The highest BCUT2D eigenvalue weighted by Gasteiger charge is 2.51. The minimum Gasteiger partial charge on any atom is -0.465 e. The van der Waals surface area contributed by atoms with Crippen LogP contribution in [-0.4, -0.2) is 65.2 Å². The molecule has 2 heterocycles. The molecule has 6 heteroatoms.